The van der Waals surface area contributed by atoms with E-state index in [1.165, 1.54) is 13.8 Å². The first-order valence-corrected chi connectivity index (χ1v) is 16.1. The summed E-state index contributed by atoms with van der Waals surface area (Å²) in [5.41, 5.74) is 0. The van der Waals surface area contributed by atoms with Gasteiger partial charge in [-0.15, -0.1) is 0 Å². The lowest BCUT2D eigenvalue weighted by Gasteiger charge is -2.49. The molecule has 16 atom stereocenters. The molecule has 0 aromatic carbocycles. The van der Waals surface area contributed by atoms with Crippen LogP contribution >= 0.6 is 0 Å². The maximum atomic E-state index is 12.1. The number of carbonyl (C=O) groups is 2. The molecular formula is C30H53NO15. The fourth-order valence-electron chi connectivity index (χ4n) is 6.05. The number of nitrogens with one attached hydrogen (secondary N) is 1. The van der Waals surface area contributed by atoms with Crippen molar-refractivity contribution in [2.75, 3.05) is 26.4 Å². The summed E-state index contributed by atoms with van der Waals surface area (Å²) in [6, 6.07) is 0. The SMILES string of the molecule is CCC(C)C(=O)NCCCO[C@H]1CC(CO)[C@@H](O)C(O[C@@H]2OC(CO)[C@@H](O)C(O)[C@H]2CC(C)=O)[C@H]1O[C@H]1OC(C)[C@H](O)C(O)C1O. The Hall–Kier alpha value is -1.38. The summed E-state index contributed by atoms with van der Waals surface area (Å²) in [5, 5.41) is 86.8. The molecule has 2 aliphatic heterocycles. The molecule has 268 valence electrons. The van der Waals surface area contributed by atoms with Crippen molar-refractivity contribution >= 4 is 11.7 Å². The van der Waals surface area contributed by atoms with Crippen molar-refractivity contribution in [2.24, 2.45) is 17.8 Å². The summed E-state index contributed by atoms with van der Waals surface area (Å²) < 4.78 is 29.9. The predicted octanol–water partition coefficient (Wildman–Crippen LogP) is -3.07. The van der Waals surface area contributed by atoms with Crippen LogP contribution in [0.4, 0.5) is 0 Å². The Bertz CT molecular complexity index is 959. The zero-order chi connectivity index (χ0) is 34.3. The van der Waals surface area contributed by atoms with Crippen LogP contribution < -0.4 is 5.32 Å². The fourth-order valence-corrected chi connectivity index (χ4v) is 6.05. The van der Waals surface area contributed by atoms with Gasteiger partial charge in [0.2, 0.25) is 5.91 Å². The van der Waals surface area contributed by atoms with Crippen LogP contribution in [0.25, 0.3) is 0 Å². The van der Waals surface area contributed by atoms with Gasteiger partial charge in [0, 0.05) is 43.9 Å². The third kappa shape index (κ3) is 9.40. The van der Waals surface area contributed by atoms with Crippen molar-refractivity contribution in [3.8, 4) is 0 Å². The molecule has 2 saturated heterocycles. The van der Waals surface area contributed by atoms with Crippen LogP contribution in [-0.4, -0.2) is 159 Å². The highest BCUT2D eigenvalue weighted by molar-refractivity contribution is 5.78. The van der Waals surface area contributed by atoms with E-state index in [1.54, 1.807) is 0 Å². The number of aliphatic hydroxyl groups is 8. The second-order valence-electron chi connectivity index (χ2n) is 12.7. The molecule has 3 aliphatic rings. The molecule has 1 amide bonds. The number of hydrogen-bond acceptors (Lipinski definition) is 15. The van der Waals surface area contributed by atoms with Gasteiger partial charge in [0.25, 0.3) is 0 Å². The van der Waals surface area contributed by atoms with Crippen LogP contribution in [0.15, 0.2) is 0 Å². The molecule has 0 radical (unpaired) electrons. The topological polar surface area (TPSA) is 254 Å². The van der Waals surface area contributed by atoms with Crippen LogP contribution in [0.5, 0.6) is 0 Å². The Morgan fingerprint density at radius 3 is 2.15 bits per heavy atom. The molecule has 0 bridgehead atoms. The van der Waals surface area contributed by atoms with E-state index in [1.807, 2.05) is 13.8 Å². The van der Waals surface area contributed by atoms with Gasteiger partial charge < -0.3 is 74.6 Å². The van der Waals surface area contributed by atoms with Crippen LogP contribution in [0.1, 0.15) is 53.4 Å². The Morgan fingerprint density at radius 1 is 0.870 bits per heavy atom. The van der Waals surface area contributed by atoms with Crippen molar-refractivity contribution in [3.63, 3.8) is 0 Å². The highest BCUT2D eigenvalue weighted by Crippen LogP contribution is 2.38. The maximum Gasteiger partial charge on any atom is 0.222 e. The number of amides is 1. The van der Waals surface area contributed by atoms with Crippen molar-refractivity contribution in [2.45, 2.75) is 133 Å². The summed E-state index contributed by atoms with van der Waals surface area (Å²) in [6.07, 6.45) is -17.3. The number of rotatable bonds is 15. The Morgan fingerprint density at radius 2 is 1.54 bits per heavy atom. The van der Waals surface area contributed by atoms with Crippen LogP contribution in [0.3, 0.4) is 0 Å². The number of hydrogen-bond donors (Lipinski definition) is 9. The van der Waals surface area contributed by atoms with E-state index < -0.39 is 105 Å². The second kappa shape index (κ2) is 17.9. The van der Waals surface area contributed by atoms with Crippen LogP contribution in [-0.2, 0) is 33.3 Å². The van der Waals surface area contributed by atoms with E-state index in [0.29, 0.717) is 19.4 Å². The highest BCUT2D eigenvalue weighted by Gasteiger charge is 2.53. The van der Waals surface area contributed by atoms with Crippen LogP contribution in [0, 0.1) is 17.8 Å². The van der Waals surface area contributed by atoms with Crippen molar-refractivity contribution in [1.29, 1.82) is 0 Å². The van der Waals surface area contributed by atoms with E-state index in [4.69, 9.17) is 23.7 Å². The zero-order valence-corrected chi connectivity index (χ0v) is 26.8. The highest BCUT2D eigenvalue weighted by atomic mass is 16.7. The largest absolute Gasteiger partial charge is 0.396 e. The molecule has 8 unspecified atom stereocenters. The third-order valence-corrected chi connectivity index (χ3v) is 9.21. The van der Waals surface area contributed by atoms with E-state index in [2.05, 4.69) is 5.32 Å². The average Bonchev–Trinajstić information content (AvgIpc) is 3.03. The molecule has 16 heteroatoms. The molecule has 46 heavy (non-hydrogen) atoms. The molecule has 16 nitrogen and oxygen atoms in total. The monoisotopic (exact) mass is 667 g/mol. The molecule has 1 aliphatic carbocycles. The Balaban J connectivity index is 1.89. The molecule has 9 N–H and O–H groups in total. The molecule has 3 rings (SSSR count). The first-order valence-electron chi connectivity index (χ1n) is 16.1. The normalized spacial score (nSPS) is 42.4. The lowest BCUT2D eigenvalue weighted by atomic mass is 9.80. The summed E-state index contributed by atoms with van der Waals surface area (Å²) in [6.45, 7) is 5.68. The quantitative estimate of drug-likeness (QED) is 0.0786. The number of ketones is 1. The summed E-state index contributed by atoms with van der Waals surface area (Å²) in [4.78, 5) is 24.2. The van der Waals surface area contributed by atoms with Crippen LogP contribution in [0.2, 0.25) is 0 Å². The van der Waals surface area contributed by atoms with E-state index in [-0.39, 0.29) is 37.1 Å². The van der Waals surface area contributed by atoms with Gasteiger partial charge in [0.05, 0.1) is 31.0 Å². The Kier molecular flexibility index (Phi) is 15.2. The van der Waals surface area contributed by atoms with Crippen molar-refractivity contribution in [1.82, 2.24) is 5.32 Å². The van der Waals surface area contributed by atoms with Gasteiger partial charge >= 0.3 is 0 Å². The van der Waals surface area contributed by atoms with Gasteiger partial charge in [0.1, 0.15) is 48.5 Å². The Labute approximate surface area is 268 Å². The predicted molar refractivity (Wildman–Crippen MR) is 157 cm³/mol. The minimum atomic E-state index is -1.72. The molecule has 0 aromatic rings. The fraction of sp³-hybridized carbons (Fsp3) is 0.933. The minimum Gasteiger partial charge on any atom is -0.396 e. The summed E-state index contributed by atoms with van der Waals surface area (Å²) in [7, 11) is 0. The number of carbonyl (C=O) groups excluding carboxylic acids is 2. The molecule has 0 spiro atoms. The standard InChI is InChI=1S/C30H53NO15/c1-5-13(2)28(41)31-7-6-8-42-18-10-16(11-32)21(36)27(26(18)45-30-25(40)24(39)20(35)15(4)43-30)46-29-17(9-14(3)34)22(37)23(38)19(12-33)44-29/h13,15-27,29-30,32-33,35-40H,5-12H2,1-4H3,(H,31,41)/t13?,15?,16?,17-,18+,19?,20+,21-,22?,23-,24?,25?,26+,27?,29+,30-/m1/s1. The van der Waals surface area contributed by atoms with Gasteiger partial charge in [-0.3, -0.25) is 4.79 Å². The van der Waals surface area contributed by atoms with Gasteiger partial charge in [0.15, 0.2) is 12.6 Å². The number of ether oxygens (including phenoxy) is 5. The molecular weight excluding hydrogens is 614 g/mol. The lowest BCUT2D eigenvalue weighted by molar-refractivity contribution is -0.356. The summed E-state index contributed by atoms with van der Waals surface area (Å²) >= 11 is 0. The average molecular weight is 668 g/mol. The lowest BCUT2D eigenvalue weighted by Crippen LogP contribution is -2.64. The minimum absolute atomic E-state index is 0.0496. The van der Waals surface area contributed by atoms with E-state index in [9.17, 15) is 50.4 Å². The van der Waals surface area contributed by atoms with Crippen molar-refractivity contribution < 1.29 is 74.1 Å². The molecule has 0 aromatic heterocycles. The smallest absolute Gasteiger partial charge is 0.222 e. The van der Waals surface area contributed by atoms with Crippen molar-refractivity contribution in [3.05, 3.63) is 0 Å². The molecule has 2 heterocycles. The maximum absolute atomic E-state index is 12.1. The number of Topliss-reactive ketones (excluding diaryl/α,β-unsaturated/α-hetero) is 1. The first-order chi connectivity index (χ1) is 21.7. The van der Waals surface area contributed by atoms with Gasteiger partial charge in [-0.25, -0.2) is 0 Å². The molecule has 3 fully saturated rings. The van der Waals surface area contributed by atoms with E-state index in [0.717, 1.165) is 0 Å². The molecule has 1 saturated carbocycles. The summed E-state index contributed by atoms with van der Waals surface area (Å²) in [5.74, 6) is -2.55. The van der Waals surface area contributed by atoms with E-state index >= 15 is 0 Å². The zero-order valence-electron chi connectivity index (χ0n) is 26.8. The third-order valence-electron chi connectivity index (χ3n) is 9.21. The first kappa shape index (κ1) is 39.1. The second-order valence-corrected chi connectivity index (χ2v) is 12.7. The van der Waals surface area contributed by atoms with Gasteiger partial charge in [-0.05, 0) is 33.1 Å². The van der Waals surface area contributed by atoms with Gasteiger partial charge in [-0.2, -0.15) is 0 Å². The number of aliphatic hydroxyl groups excluding tert-OH is 8. The van der Waals surface area contributed by atoms with Gasteiger partial charge in [-0.1, -0.05) is 13.8 Å².